The van der Waals surface area contributed by atoms with Crippen molar-refractivity contribution in [3.63, 3.8) is 0 Å². The standard InChI is InChI=1S/C16H17ClINO2/c1-10-5-6-11(17)7-13(10)14-8-12(18)9-19(14)15(20)21-16(2,3)4/h5-9H,1-4H3. The molecule has 0 unspecified atom stereocenters. The number of hydrogen-bond acceptors (Lipinski definition) is 2. The fourth-order valence-corrected chi connectivity index (χ4v) is 2.72. The van der Waals surface area contributed by atoms with E-state index in [1.54, 1.807) is 6.20 Å². The maximum Gasteiger partial charge on any atom is 0.419 e. The molecule has 0 spiro atoms. The van der Waals surface area contributed by atoms with Crippen molar-refractivity contribution in [1.82, 2.24) is 4.57 Å². The summed E-state index contributed by atoms with van der Waals surface area (Å²) in [7, 11) is 0. The van der Waals surface area contributed by atoms with Gasteiger partial charge in [-0.15, -0.1) is 0 Å². The van der Waals surface area contributed by atoms with Gasteiger partial charge < -0.3 is 4.74 Å². The number of halogens is 2. The van der Waals surface area contributed by atoms with Crippen LogP contribution < -0.4 is 0 Å². The van der Waals surface area contributed by atoms with Crippen LogP contribution in [0.5, 0.6) is 0 Å². The first kappa shape index (κ1) is 16.4. The van der Waals surface area contributed by atoms with Crippen molar-refractivity contribution in [2.45, 2.75) is 33.3 Å². The predicted molar refractivity (Wildman–Crippen MR) is 94.0 cm³/mol. The van der Waals surface area contributed by atoms with Crippen molar-refractivity contribution in [3.05, 3.63) is 44.6 Å². The molecule has 0 aliphatic carbocycles. The minimum atomic E-state index is -0.534. The van der Waals surface area contributed by atoms with E-state index in [4.69, 9.17) is 16.3 Å². The van der Waals surface area contributed by atoms with Crippen molar-refractivity contribution >= 4 is 40.3 Å². The molecule has 0 saturated carbocycles. The van der Waals surface area contributed by atoms with Gasteiger partial charge in [-0.1, -0.05) is 17.7 Å². The zero-order valence-corrected chi connectivity index (χ0v) is 15.3. The number of aromatic nitrogens is 1. The molecule has 0 aliphatic heterocycles. The SMILES string of the molecule is Cc1ccc(Cl)cc1-c1cc(I)cn1C(=O)OC(C)(C)C. The average molecular weight is 418 g/mol. The number of aryl methyl sites for hydroxylation is 1. The molecule has 5 heteroatoms. The third-order valence-electron chi connectivity index (χ3n) is 2.85. The van der Waals surface area contributed by atoms with E-state index in [-0.39, 0.29) is 6.09 Å². The summed E-state index contributed by atoms with van der Waals surface area (Å²) in [5, 5.41) is 0.641. The summed E-state index contributed by atoms with van der Waals surface area (Å²) in [4.78, 5) is 12.4. The first-order valence-electron chi connectivity index (χ1n) is 6.55. The van der Waals surface area contributed by atoms with Crippen molar-refractivity contribution < 1.29 is 9.53 Å². The molecule has 0 N–H and O–H groups in total. The molecule has 21 heavy (non-hydrogen) atoms. The maximum atomic E-state index is 12.4. The van der Waals surface area contributed by atoms with Gasteiger partial charge >= 0.3 is 6.09 Å². The van der Waals surface area contributed by atoms with Crippen molar-refractivity contribution in [1.29, 1.82) is 0 Å². The van der Waals surface area contributed by atoms with Crippen LogP contribution in [0.4, 0.5) is 4.79 Å². The lowest BCUT2D eigenvalue weighted by molar-refractivity contribution is 0.0540. The van der Waals surface area contributed by atoms with Crippen LogP contribution in [-0.4, -0.2) is 16.3 Å². The highest BCUT2D eigenvalue weighted by atomic mass is 127. The lowest BCUT2D eigenvalue weighted by Gasteiger charge is -2.20. The van der Waals surface area contributed by atoms with E-state index in [0.29, 0.717) is 5.02 Å². The van der Waals surface area contributed by atoms with Crippen LogP contribution in [0.2, 0.25) is 5.02 Å². The summed E-state index contributed by atoms with van der Waals surface area (Å²) in [5.41, 5.74) is 2.23. The van der Waals surface area contributed by atoms with Gasteiger partial charge in [-0.2, -0.15) is 0 Å². The third-order valence-corrected chi connectivity index (χ3v) is 3.68. The van der Waals surface area contributed by atoms with Gasteiger partial charge in [-0.3, -0.25) is 4.57 Å². The fourth-order valence-electron chi connectivity index (χ4n) is 1.97. The zero-order valence-electron chi connectivity index (χ0n) is 12.4. The summed E-state index contributed by atoms with van der Waals surface area (Å²) in [6.45, 7) is 7.54. The first-order valence-corrected chi connectivity index (χ1v) is 8.01. The lowest BCUT2D eigenvalue weighted by atomic mass is 10.1. The second-order valence-corrected chi connectivity index (χ2v) is 7.54. The number of carbonyl (C=O) groups is 1. The summed E-state index contributed by atoms with van der Waals surface area (Å²) < 4.78 is 7.96. The smallest absolute Gasteiger partial charge is 0.419 e. The van der Waals surface area contributed by atoms with Crippen molar-refractivity contribution in [3.8, 4) is 11.3 Å². The van der Waals surface area contributed by atoms with E-state index in [9.17, 15) is 4.79 Å². The minimum Gasteiger partial charge on any atom is -0.443 e. The van der Waals surface area contributed by atoms with Gasteiger partial charge in [0.1, 0.15) is 5.60 Å². The molecule has 0 fully saturated rings. The Hall–Kier alpha value is -1.01. The molecule has 0 saturated heterocycles. The number of rotatable bonds is 1. The molecular formula is C16H17ClINO2. The van der Waals surface area contributed by atoms with Gasteiger partial charge in [0.05, 0.1) is 5.69 Å². The zero-order chi connectivity index (χ0) is 15.8. The van der Waals surface area contributed by atoms with Gasteiger partial charge in [-0.05, 0) is 74.0 Å². The van der Waals surface area contributed by atoms with Gasteiger partial charge in [0.25, 0.3) is 0 Å². The van der Waals surface area contributed by atoms with Crippen LogP contribution in [-0.2, 0) is 4.74 Å². The Kier molecular flexibility index (Phi) is 4.68. The fraction of sp³-hybridized carbons (Fsp3) is 0.312. The molecular weight excluding hydrogens is 401 g/mol. The minimum absolute atomic E-state index is 0.389. The largest absolute Gasteiger partial charge is 0.443 e. The predicted octanol–water partition coefficient (Wildman–Crippen LogP) is 5.50. The van der Waals surface area contributed by atoms with E-state index in [1.807, 2.05) is 52.0 Å². The summed E-state index contributed by atoms with van der Waals surface area (Å²) >= 11 is 8.27. The van der Waals surface area contributed by atoms with Crippen LogP contribution in [0.25, 0.3) is 11.3 Å². The molecule has 112 valence electrons. The van der Waals surface area contributed by atoms with Crippen molar-refractivity contribution in [2.24, 2.45) is 0 Å². The highest BCUT2D eigenvalue weighted by Gasteiger charge is 2.21. The monoisotopic (exact) mass is 417 g/mol. The van der Waals surface area contributed by atoms with Crippen LogP contribution in [0, 0.1) is 10.5 Å². The van der Waals surface area contributed by atoms with Crippen molar-refractivity contribution in [2.75, 3.05) is 0 Å². The van der Waals surface area contributed by atoms with Gasteiger partial charge in [0.15, 0.2) is 0 Å². The second-order valence-electron chi connectivity index (χ2n) is 5.85. The second kappa shape index (κ2) is 6.01. The van der Waals surface area contributed by atoms with Crippen LogP contribution >= 0.6 is 34.2 Å². The number of carbonyl (C=O) groups excluding carboxylic acids is 1. The third kappa shape index (κ3) is 4.01. The molecule has 1 aromatic heterocycles. The molecule has 0 amide bonds. The Balaban J connectivity index is 2.51. The highest BCUT2D eigenvalue weighted by Crippen LogP contribution is 2.29. The number of ether oxygens (including phenoxy) is 1. The Morgan fingerprint density at radius 2 is 1.95 bits per heavy atom. The van der Waals surface area contributed by atoms with E-state index in [2.05, 4.69) is 22.6 Å². The Morgan fingerprint density at radius 1 is 1.29 bits per heavy atom. The first-order chi connectivity index (χ1) is 9.67. The average Bonchev–Trinajstić information content (AvgIpc) is 2.72. The molecule has 1 heterocycles. The molecule has 0 bridgehead atoms. The maximum absolute atomic E-state index is 12.4. The van der Waals surface area contributed by atoms with E-state index in [0.717, 1.165) is 20.4 Å². The quantitative estimate of drug-likeness (QED) is 0.573. The summed E-state index contributed by atoms with van der Waals surface area (Å²) in [6.07, 6.45) is 1.38. The number of nitrogens with zero attached hydrogens (tertiary/aromatic N) is 1. The van der Waals surface area contributed by atoms with E-state index >= 15 is 0 Å². The Morgan fingerprint density at radius 3 is 2.57 bits per heavy atom. The molecule has 2 aromatic rings. The topological polar surface area (TPSA) is 31.2 Å². The number of benzene rings is 1. The van der Waals surface area contributed by atoms with E-state index in [1.165, 1.54) is 4.57 Å². The molecule has 0 aliphatic rings. The van der Waals surface area contributed by atoms with Gasteiger partial charge in [0, 0.05) is 20.4 Å². The Labute approximate surface area is 143 Å². The van der Waals surface area contributed by atoms with Crippen LogP contribution in [0.15, 0.2) is 30.5 Å². The van der Waals surface area contributed by atoms with Crippen LogP contribution in [0.1, 0.15) is 26.3 Å². The van der Waals surface area contributed by atoms with Crippen LogP contribution in [0.3, 0.4) is 0 Å². The molecule has 2 rings (SSSR count). The van der Waals surface area contributed by atoms with Gasteiger partial charge in [-0.25, -0.2) is 4.79 Å². The van der Waals surface area contributed by atoms with Gasteiger partial charge in [0.2, 0.25) is 0 Å². The lowest BCUT2D eigenvalue weighted by Crippen LogP contribution is -2.27. The normalized spacial score (nSPS) is 11.5. The molecule has 3 nitrogen and oxygen atoms in total. The van der Waals surface area contributed by atoms with E-state index < -0.39 is 5.60 Å². The summed E-state index contributed by atoms with van der Waals surface area (Å²) in [5.74, 6) is 0. The molecule has 1 aromatic carbocycles. The highest BCUT2D eigenvalue weighted by molar-refractivity contribution is 14.1. The summed E-state index contributed by atoms with van der Waals surface area (Å²) in [6, 6.07) is 7.59. The molecule has 0 atom stereocenters. The molecule has 0 radical (unpaired) electrons. The Bertz CT molecular complexity index is 686. The number of hydrogen-bond donors (Lipinski definition) is 0.